The van der Waals surface area contributed by atoms with Crippen LogP contribution in [0.4, 0.5) is 0 Å². The fourth-order valence-electron chi connectivity index (χ4n) is 14.6. The minimum atomic E-state index is -1.25. The second-order valence-electron chi connectivity index (χ2n) is 19.7. The van der Waals surface area contributed by atoms with E-state index in [-0.39, 0.29) is 52.0 Å². The van der Waals surface area contributed by atoms with E-state index >= 15 is 0 Å². The molecule has 8 nitrogen and oxygen atoms in total. The topological polar surface area (TPSA) is 97.7 Å². The molecule has 2 N–H and O–H groups in total. The van der Waals surface area contributed by atoms with Crippen molar-refractivity contribution < 1.29 is 34.0 Å². The fraction of sp³-hybridized carbons (Fsp3) is 0.975. The number of carbonyl (C=O) groups is 1. The van der Waals surface area contributed by atoms with Gasteiger partial charge in [-0.2, -0.15) is 0 Å². The van der Waals surface area contributed by atoms with Crippen LogP contribution in [0.15, 0.2) is 0 Å². The summed E-state index contributed by atoms with van der Waals surface area (Å²) in [4.78, 5) is 14.7. The lowest BCUT2D eigenvalue weighted by atomic mass is 9.41. The predicted molar refractivity (Wildman–Crippen MR) is 182 cm³/mol. The summed E-state index contributed by atoms with van der Waals surface area (Å²) in [5.41, 5.74) is -0.864. The summed E-state index contributed by atoms with van der Waals surface area (Å²) in [6.07, 6.45) is 11.0. The van der Waals surface area contributed by atoms with Crippen LogP contribution in [0.3, 0.4) is 0 Å². The smallest absolute Gasteiger partial charge is 0.303 e. The Morgan fingerprint density at radius 1 is 1.00 bits per heavy atom. The van der Waals surface area contributed by atoms with E-state index in [2.05, 4.69) is 39.5 Å². The molecule has 272 valence electrons. The van der Waals surface area contributed by atoms with Crippen LogP contribution >= 0.6 is 0 Å². The Kier molecular flexibility index (Phi) is 7.95. The van der Waals surface area contributed by atoms with Gasteiger partial charge in [0, 0.05) is 31.5 Å². The highest BCUT2D eigenvalue weighted by Crippen LogP contribution is 2.89. The Morgan fingerprint density at radius 2 is 1.71 bits per heavy atom. The van der Waals surface area contributed by atoms with Gasteiger partial charge in [0.25, 0.3) is 0 Å². The summed E-state index contributed by atoms with van der Waals surface area (Å²) in [6, 6.07) is 0.730. The quantitative estimate of drug-likeness (QED) is 0.327. The van der Waals surface area contributed by atoms with Gasteiger partial charge in [0.05, 0.1) is 36.6 Å². The molecule has 48 heavy (non-hydrogen) atoms. The third-order valence-corrected chi connectivity index (χ3v) is 17.1. The molecule has 0 radical (unpaired) electrons. The van der Waals surface area contributed by atoms with E-state index in [0.717, 1.165) is 45.0 Å². The zero-order valence-electron chi connectivity index (χ0n) is 31.1. The average Bonchev–Trinajstić information content (AvgIpc) is 3.61. The number of aliphatic hydroxyl groups is 2. The molecule has 6 saturated carbocycles. The molecule has 8 heteroatoms. The van der Waals surface area contributed by atoms with Gasteiger partial charge >= 0.3 is 5.97 Å². The van der Waals surface area contributed by atoms with Gasteiger partial charge in [-0.1, -0.05) is 41.0 Å². The van der Waals surface area contributed by atoms with Crippen LogP contribution in [0, 0.1) is 50.7 Å². The van der Waals surface area contributed by atoms with E-state index in [9.17, 15) is 15.0 Å². The van der Waals surface area contributed by atoms with Crippen molar-refractivity contribution in [2.45, 2.75) is 174 Å². The summed E-state index contributed by atoms with van der Waals surface area (Å²) in [7, 11) is 0. The first-order valence-electron chi connectivity index (χ1n) is 19.7. The third kappa shape index (κ3) is 4.56. The van der Waals surface area contributed by atoms with Crippen LogP contribution in [0.1, 0.15) is 126 Å². The van der Waals surface area contributed by atoms with Crippen LogP contribution in [0.2, 0.25) is 0 Å². The van der Waals surface area contributed by atoms with Crippen molar-refractivity contribution in [3.05, 3.63) is 0 Å². The van der Waals surface area contributed by atoms with Gasteiger partial charge in [0.1, 0.15) is 0 Å². The molecule has 0 aromatic carbocycles. The number of carbonyl (C=O) groups excluding carboxylic acids is 1. The van der Waals surface area contributed by atoms with Crippen molar-refractivity contribution in [2.24, 2.45) is 50.7 Å². The molecular weight excluding hydrogens is 606 g/mol. The van der Waals surface area contributed by atoms with E-state index in [4.69, 9.17) is 18.9 Å². The van der Waals surface area contributed by atoms with E-state index in [1.165, 1.54) is 51.9 Å². The fourth-order valence-corrected chi connectivity index (χ4v) is 14.6. The highest BCUT2D eigenvalue weighted by molar-refractivity contribution is 5.66. The minimum absolute atomic E-state index is 0.0415. The van der Waals surface area contributed by atoms with Crippen LogP contribution < -0.4 is 0 Å². The molecule has 2 aliphatic heterocycles. The molecule has 8 fully saturated rings. The lowest BCUT2D eigenvalue weighted by Crippen LogP contribution is -2.60. The second-order valence-corrected chi connectivity index (χ2v) is 19.7. The Morgan fingerprint density at radius 3 is 2.38 bits per heavy atom. The summed E-state index contributed by atoms with van der Waals surface area (Å²) in [5.74, 6) is 1.18. The minimum Gasteiger partial charge on any atom is -0.457 e. The number of rotatable bonds is 6. The molecule has 1 unspecified atom stereocenters. The molecule has 0 aromatic rings. The van der Waals surface area contributed by atoms with Crippen molar-refractivity contribution in [1.82, 2.24) is 4.90 Å². The van der Waals surface area contributed by atoms with Crippen LogP contribution in [-0.2, 0) is 23.7 Å². The zero-order chi connectivity index (χ0) is 34.2. The first-order valence-corrected chi connectivity index (χ1v) is 19.7. The van der Waals surface area contributed by atoms with Crippen LogP contribution in [0.25, 0.3) is 0 Å². The predicted octanol–water partition coefficient (Wildman–Crippen LogP) is 6.10. The standard InChI is InChI=1S/C40H65NO7/c1-23-20-26(34(36(5,6)44)46-24(2)42)47-32-31(23)37(7)16-17-40-22-39(40)15-14-29(48-30-21-41(18-19-45-30)25-10-9-11-25)35(3,4)27(39)12-13-28(40)38(37,8)33(32)43/h23,25-34,43-44H,9-22H2,1-8H3/t23-,26-,27+,28+,29+,30+,31+,32+,33+,34+,37-,38-,39-,40?/m1/s1. The normalized spacial score (nSPS) is 52.1. The zero-order valence-corrected chi connectivity index (χ0v) is 31.1. The molecule has 2 saturated heterocycles. The number of morpholine rings is 1. The highest BCUT2D eigenvalue weighted by atomic mass is 16.7. The average molecular weight is 672 g/mol. The van der Waals surface area contributed by atoms with Gasteiger partial charge in [-0.25, -0.2) is 0 Å². The van der Waals surface area contributed by atoms with Gasteiger partial charge in [-0.15, -0.1) is 0 Å². The van der Waals surface area contributed by atoms with E-state index in [1.807, 2.05) is 0 Å². The molecule has 14 atom stereocenters. The molecule has 0 aromatic heterocycles. The highest BCUT2D eigenvalue weighted by Gasteiger charge is 2.84. The van der Waals surface area contributed by atoms with Gasteiger partial charge < -0.3 is 29.2 Å². The largest absolute Gasteiger partial charge is 0.457 e. The van der Waals surface area contributed by atoms with E-state index < -0.39 is 29.9 Å². The maximum atomic E-state index is 12.6. The van der Waals surface area contributed by atoms with E-state index in [0.29, 0.717) is 23.7 Å². The van der Waals surface area contributed by atoms with Crippen molar-refractivity contribution in [3.63, 3.8) is 0 Å². The Hall–Kier alpha value is -0.770. The summed E-state index contributed by atoms with van der Waals surface area (Å²) in [6.45, 7) is 19.7. The molecule has 2 heterocycles. The number of fused-ring (bicyclic) bond motifs is 4. The lowest BCUT2D eigenvalue weighted by molar-refractivity contribution is -0.252. The number of esters is 1. The monoisotopic (exact) mass is 671 g/mol. The Balaban J connectivity index is 1.03. The van der Waals surface area contributed by atoms with Gasteiger partial charge in [0.15, 0.2) is 12.4 Å². The number of hydrogen-bond donors (Lipinski definition) is 2. The first-order chi connectivity index (χ1) is 22.5. The molecule has 0 amide bonds. The molecular formula is C40H65NO7. The summed E-state index contributed by atoms with van der Waals surface area (Å²) in [5, 5.41) is 23.6. The van der Waals surface area contributed by atoms with Crippen molar-refractivity contribution in [2.75, 3.05) is 19.7 Å². The molecule has 8 rings (SSSR count). The number of aliphatic hydroxyl groups excluding tert-OH is 1. The van der Waals surface area contributed by atoms with Gasteiger partial charge in [-0.05, 0) is 123 Å². The van der Waals surface area contributed by atoms with Gasteiger partial charge in [0.2, 0.25) is 0 Å². The number of hydrogen-bond acceptors (Lipinski definition) is 8. The lowest BCUT2D eigenvalue weighted by Gasteiger charge is -2.64. The van der Waals surface area contributed by atoms with Crippen molar-refractivity contribution in [1.29, 1.82) is 0 Å². The maximum Gasteiger partial charge on any atom is 0.303 e. The molecule has 6 aliphatic carbocycles. The van der Waals surface area contributed by atoms with E-state index in [1.54, 1.807) is 13.8 Å². The molecule has 2 spiro atoms. The second kappa shape index (κ2) is 11.1. The summed E-state index contributed by atoms with van der Waals surface area (Å²) < 4.78 is 25.8. The molecule has 0 bridgehead atoms. The van der Waals surface area contributed by atoms with Crippen LogP contribution in [0.5, 0.6) is 0 Å². The molecule has 8 aliphatic rings. The number of nitrogens with zero attached hydrogens (tertiary/aromatic N) is 1. The van der Waals surface area contributed by atoms with Crippen molar-refractivity contribution in [3.8, 4) is 0 Å². The van der Waals surface area contributed by atoms with Crippen LogP contribution in [-0.4, -0.2) is 89.2 Å². The summed E-state index contributed by atoms with van der Waals surface area (Å²) >= 11 is 0. The third-order valence-electron chi connectivity index (χ3n) is 17.1. The van der Waals surface area contributed by atoms with Crippen molar-refractivity contribution >= 4 is 5.97 Å². The Bertz CT molecular complexity index is 1280. The van der Waals surface area contributed by atoms with Gasteiger partial charge in [-0.3, -0.25) is 9.69 Å². The maximum absolute atomic E-state index is 12.6. The number of ether oxygens (including phenoxy) is 4. The first kappa shape index (κ1) is 34.3. The SMILES string of the molecule is CC(=O)O[C@@H]([C@H]1C[C@@H](C)[C@H]2[C@H](O1)[C@H](O)[C@@]1(C)[C@@H]3CC[C@H]4C(C)(C)[C@@H](O[C@H]5CN(C6CCC6)CCO5)CC[C@@]45CC35CC[C@]21C)C(C)(C)O. The Labute approximate surface area is 289 Å².